The molecular weight excluding hydrogens is 242 g/mol. The number of rotatable bonds is 5. The van der Waals surface area contributed by atoms with E-state index in [4.69, 9.17) is 11.0 Å². The normalized spacial score (nSPS) is 13.2. The molecule has 3 N–H and O–H groups in total. The average Bonchev–Trinajstić information content (AvgIpc) is 2.58. The minimum absolute atomic E-state index is 0.0419. The number of anilines is 1. The number of hydrogen-bond acceptors (Lipinski definition) is 5. The topological polar surface area (TPSA) is 114 Å². The van der Waals surface area contributed by atoms with Gasteiger partial charge in [-0.3, -0.25) is 4.68 Å². The smallest absolute Gasteiger partial charge is 0.228 e. The Balaban J connectivity index is 2.75. The lowest BCUT2D eigenvalue weighted by Crippen LogP contribution is -2.32. The highest BCUT2D eigenvalue weighted by Gasteiger charge is 2.23. The summed E-state index contributed by atoms with van der Waals surface area (Å²) in [5, 5.41) is 11.6. The van der Waals surface area contributed by atoms with Crippen LogP contribution in [-0.4, -0.2) is 23.4 Å². The molecule has 0 bridgehead atoms. The first-order valence-electron chi connectivity index (χ1n) is 5.06. The quantitative estimate of drug-likeness (QED) is 0.753. The number of nitrogens with two attached hydrogens (primary N) is 1. The van der Waals surface area contributed by atoms with Crippen molar-refractivity contribution in [1.82, 2.24) is 14.5 Å². The first-order chi connectivity index (χ1) is 7.92. The van der Waals surface area contributed by atoms with Crippen LogP contribution >= 0.6 is 0 Å². The van der Waals surface area contributed by atoms with Crippen molar-refractivity contribution in [3.63, 3.8) is 0 Å². The number of aromatic nitrogens is 2. The molecule has 0 amide bonds. The molecule has 0 aliphatic heterocycles. The van der Waals surface area contributed by atoms with Gasteiger partial charge in [-0.2, -0.15) is 10.4 Å². The van der Waals surface area contributed by atoms with Crippen molar-refractivity contribution >= 4 is 15.8 Å². The van der Waals surface area contributed by atoms with Crippen LogP contribution in [0.4, 0.5) is 5.82 Å². The van der Waals surface area contributed by atoms with Crippen LogP contribution in [0.25, 0.3) is 0 Å². The third kappa shape index (κ3) is 2.95. The summed E-state index contributed by atoms with van der Waals surface area (Å²) < 4.78 is 27.2. The maximum absolute atomic E-state index is 11.7. The molecular formula is C9H15N5O2S. The highest BCUT2D eigenvalue weighted by atomic mass is 32.2. The molecule has 0 saturated heterocycles. The zero-order valence-corrected chi connectivity index (χ0v) is 10.5. The lowest BCUT2D eigenvalue weighted by molar-refractivity contribution is 0.572. The zero-order valence-electron chi connectivity index (χ0n) is 9.71. The van der Waals surface area contributed by atoms with E-state index in [9.17, 15) is 8.42 Å². The SMILES string of the molecule is CCC(C#N)S(=O)(=O)NCc1cnn(C)c1N. The van der Waals surface area contributed by atoms with Crippen LogP contribution in [0.5, 0.6) is 0 Å². The maximum atomic E-state index is 11.7. The molecule has 0 saturated carbocycles. The van der Waals surface area contributed by atoms with Gasteiger partial charge in [0.25, 0.3) is 0 Å². The fraction of sp³-hybridized carbons (Fsp3) is 0.556. The van der Waals surface area contributed by atoms with E-state index in [1.165, 1.54) is 10.9 Å². The first-order valence-corrected chi connectivity index (χ1v) is 6.61. The lowest BCUT2D eigenvalue weighted by atomic mass is 10.3. The highest BCUT2D eigenvalue weighted by Crippen LogP contribution is 2.10. The van der Waals surface area contributed by atoms with Crippen molar-refractivity contribution in [1.29, 1.82) is 5.26 Å². The number of nitriles is 1. The van der Waals surface area contributed by atoms with Crippen LogP contribution in [0.1, 0.15) is 18.9 Å². The summed E-state index contributed by atoms with van der Waals surface area (Å²) in [5.41, 5.74) is 6.26. The van der Waals surface area contributed by atoms with Crippen LogP contribution in [0.3, 0.4) is 0 Å². The number of aryl methyl sites for hydroxylation is 1. The van der Waals surface area contributed by atoms with Gasteiger partial charge < -0.3 is 5.73 Å². The molecule has 1 aromatic heterocycles. The average molecular weight is 257 g/mol. The molecule has 94 valence electrons. The molecule has 0 fully saturated rings. The van der Waals surface area contributed by atoms with Gasteiger partial charge in [0.15, 0.2) is 5.25 Å². The van der Waals surface area contributed by atoms with Crippen LogP contribution in [-0.2, 0) is 23.6 Å². The summed E-state index contributed by atoms with van der Waals surface area (Å²) in [6.45, 7) is 1.69. The fourth-order valence-corrected chi connectivity index (χ4v) is 2.42. The molecule has 1 aromatic rings. The monoisotopic (exact) mass is 257 g/mol. The van der Waals surface area contributed by atoms with Crippen LogP contribution in [0.15, 0.2) is 6.20 Å². The van der Waals surface area contributed by atoms with Gasteiger partial charge in [-0.05, 0) is 6.42 Å². The van der Waals surface area contributed by atoms with Gasteiger partial charge in [0.1, 0.15) is 5.82 Å². The van der Waals surface area contributed by atoms with Crippen molar-refractivity contribution in [2.75, 3.05) is 5.73 Å². The van der Waals surface area contributed by atoms with Crippen molar-refractivity contribution in [2.24, 2.45) is 7.05 Å². The van der Waals surface area contributed by atoms with E-state index in [2.05, 4.69) is 9.82 Å². The first kappa shape index (κ1) is 13.5. The summed E-state index contributed by atoms with van der Waals surface area (Å²) >= 11 is 0. The van der Waals surface area contributed by atoms with Gasteiger partial charge in [0.2, 0.25) is 10.0 Å². The van der Waals surface area contributed by atoms with Crippen molar-refractivity contribution in [3.05, 3.63) is 11.8 Å². The van der Waals surface area contributed by atoms with E-state index < -0.39 is 15.3 Å². The second-order valence-corrected chi connectivity index (χ2v) is 5.52. The predicted molar refractivity (Wildman–Crippen MR) is 63.1 cm³/mol. The molecule has 0 radical (unpaired) electrons. The molecule has 7 nitrogen and oxygen atoms in total. The summed E-state index contributed by atoms with van der Waals surface area (Å²) in [5.74, 6) is 0.401. The van der Waals surface area contributed by atoms with Crippen molar-refractivity contribution in [3.8, 4) is 6.07 Å². The second-order valence-electron chi connectivity index (χ2n) is 3.57. The summed E-state index contributed by atoms with van der Waals surface area (Å²) in [6.07, 6.45) is 1.74. The Morgan fingerprint density at radius 1 is 1.71 bits per heavy atom. The van der Waals surface area contributed by atoms with Crippen LogP contribution in [0, 0.1) is 11.3 Å². The molecule has 1 heterocycles. The molecule has 17 heavy (non-hydrogen) atoms. The van der Waals surface area contributed by atoms with Gasteiger partial charge >= 0.3 is 0 Å². The van der Waals surface area contributed by atoms with E-state index in [0.717, 1.165) is 0 Å². The summed E-state index contributed by atoms with van der Waals surface area (Å²) in [6, 6.07) is 1.75. The van der Waals surface area contributed by atoms with Gasteiger partial charge in [-0.1, -0.05) is 6.92 Å². The van der Waals surface area contributed by atoms with E-state index in [1.54, 1.807) is 20.0 Å². The molecule has 8 heteroatoms. The number of nitrogens with zero attached hydrogens (tertiary/aromatic N) is 3. The molecule has 0 spiro atoms. The molecule has 1 rings (SSSR count). The number of nitrogens with one attached hydrogen (secondary N) is 1. The molecule has 1 unspecified atom stereocenters. The Morgan fingerprint density at radius 2 is 2.35 bits per heavy atom. The third-order valence-corrected chi connectivity index (χ3v) is 4.15. The summed E-state index contributed by atoms with van der Waals surface area (Å²) in [4.78, 5) is 0. The summed E-state index contributed by atoms with van der Waals surface area (Å²) in [7, 11) is -1.97. The minimum atomic E-state index is -3.63. The maximum Gasteiger partial charge on any atom is 0.228 e. The van der Waals surface area contributed by atoms with E-state index >= 15 is 0 Å². The second kappa shape index (κ2) is 5.16. The fourth-order valence-electron chi connectivity index (χ4n) is 1.29. The lowest BCUT2D eigenvalue weighted by Gasteiger charge is -2.09. The minimum Gasteiger partial charge on any atom is -0.384 e. The Labute approximate surface area is 100 Å². The van der Waals surface area contributed by atoms with E-state index in [-0.39, 0.29) is 13.0 Å². The zero-order chi connectivity index (χ0) is 13.1. The van der Waals surface area contributed by atoms with Crippen molar-refractivity contribution in [2.45, 2.75) is 25.1 Å². The Kier molecular flexibility index (Phi) is 4.09. The van der Waals surface area contributed by atoms with Crippen LogP contribution < -0.4 is 10.5 Å². The largest absolute Gasteiger partial charge is 0.384 e. The Hall–Kier alpha value is -1.59. The standard InChI is InChI=1S/C9H15N5O2S/c1-3-8(4-10)17(15,16)13-6-7-5-12-14(2)9(7)11/h5,8,13H,3,6,11H2,1-2H3. The molecule has 1 atom stereocenters. The predicted octanol–water partition coefficient (Wildman–Crippen LogP) is -0.276. The Morgan fingerprint density at radius 3 is 2.76 bits per heavy atom. The highest BCUT2D eigenvalue weighted by molar-refractivity contribution is 7.90. The Bertz CT molecular complexity index is 528. The van der Waals surface area contributed by atoms with Crippen LogP contribution in [0.2, 0.25) is 0 Å². The van der Waals surface area contributed by atoms with Crippen molar-refractivity contribution < 1.29 is 8.42 Å². The number of sulfonamides is 1. The van der Waals surface area contributed by atoms with Gasteiger partial charge in [-0.15, -0.1) is 0 Å². The van der Waals surface area contributed by atoms with E-state index in [0.29, 0.717) is 11.4 Å². The number of hydrogen-bond donors (Lipinski definition) is 2. The molecule has 0 aromatic carbocycles. The van der Waals surface area contributed by atoms with Gasteiger partial charge in [-0.25, -0.2) is 13.1 Å². The van der Waals surface area contributed by atoms with Gasteiger partial charge in [0.05, 0.1) is 12.3 Å². The molecule has 0 aliphatic carbocycles. The van der Waals surface area contributed by atoms with Gasteiger partial charge in [0, 0.05) is 19.2 Å². The number of nitrogen functional groups attached to an aromatic ring is 1. The van der Waals surface area contributed by atoms with E-state index in [1.807, 2.05) is 0 Å². The molecule has 0 aliphatic rings. The third-order valence-electron chi connectivity index (χ3n) is 2.42.